The lowest BCUT2D eigenvalue weighted by Crippen LogP contribution is -2.05. The van der Waals surface area contributed by atoms with E-state index in [0.717, 1.165) is 17.5 Å². The van der Waals surface area contributed by atoms with Gasteiger partial charge in [0.1, 0.15) is 5.75 Å². The SMILES string of the molecule is Cc1cc(Cl)cc(C(C)CCN)c1O. The van der Waals surface area contributed by atoms with Crippen LogP contribution in [0.1, 0.15) is 30.4 Å². The number of hydrogen-bond donors (Lipinski definition) is 2. The molecule has 0 radical (unpaired) electrons. The number of aryl methyl sites for hydroxylation is 1. The number of phenols is 1. The van der Waals surface area contributed by atoms with Crippen LogP contribution in [0.2, 0.25) is 5.02 Å². The summed E-state index contributed by atoms with van der Waals surface area (Å²) in [6, 6.07) is 3.57. The van der Waals surface area contributed by atoms with Gasteiger partial charge in [-0.1, -0.05) is 18.5 Å². The van der Waals surface area contributed by atoms with Crippen LogP contribution in [0.15, 0.2) is 12.1 Å². The van der Waals surface area contributed by atoms with Gasteiger partial charge in [0.15, 0.2) is 0 Å². The van der Waals surface area contributed by atoms with Gasteiger partial charge in [0.2, 0.25) is 0 Å². The number of phenolic OH excluding ortho intramolecular Hbond substituents is 1. The number of halogens is 1. The van der Waals surface area contributed by atoms with Crippen LogP contribution in [0.3, 0.4) is 0 Å². The first kappa shape index (κ1) is 11.3. The normalized spacial score (nSPS) is 12.9. The molecule has 3 N–H and O–H groups in total. The van der Waals surface area contributed by atoms with Gasteiger partial charge in [-0.05, 0) is 49.1 Å². The van der Waals surface area contributed by atoms with Crippen molar-refractivity contribution < 1.29 is 5.11 Å². The fraction of sp³-hybridized carbons (Fsp3) is 0.455. The number of nitrogens with two attached hydrogens (primary N) is 1. The second-order valence-corrected chi connectivity index (χ2v) is 4.08. The zero-order valence-electron chi connectivity index (χ0n) is 8.55. The third-order valence-electron chi connectivity index (χ3n) is 2.43. The molecule has 0 amide bonds. The molecule has 0 spiro atoms. The number of hydrogen-bond acceptors (Lipinski definition) is 2. The summed E-state index contributed by atoms with van der Waals surface area (Å²) in [6.45, 7) is 4.50. The second-order valence-electron chi connectivity index (χ2n) is 3.64. The zero-order valence-corrected chi connectivity index (χ0v) is 9.30. The predicted octanol–water partition coefficient (Wildman–Crippen LogP) is 2.81. The highest BCUT2D eigenvalue weighted by Crippen LogP contribution is 2.33. The van der Waals surface area contributed by atoms with Crippen molar-refractivity contribution in [1.82, 2.24) is 0 Å². The molecule has 0 heterocycles. The molecule has 0 aliphatic heterocycles. The van der Waals surface area contributed by atoms with E-state index >= 15 is 0 Å². The van der Waals surface area contributed by atoms with E-state index in [9.17, 15) is 5.11 Å². The Labute approximate surface area is 89.7 Å². The van der Waals surface area contributed by atoms with Crippen LogP contribution in [-0.2, 0) is 0 Å². The maximum Gasteiger partial charge on any atom is 0.122 e. The minimum absolute atomic E-state index is 0.248. The highest BCUT2D eigenvalue weighted by Gasteiger charge is 2.12. The van der Waals surface area contributed by atoms with Crippen LogP contribution >= 0.6 is 11.6 Å². The summed E-state index contributed by atoms with van der Waals surface area (Å²) in [6.07, 6.45) is 0.855. The van der Waals surface area contributed by atoms with Crippen molar-refractivity contribution in [2.75, 3.05) is 6.54 Å². The van der Waals surface area contributed by atoms with E-state index in [-0.39, 0.29) is 5.92 Å². The van der Waals surface area contributed by atoms with Crippen molar-refractivity contribution in [3.05, 3.63) is 28.3 Å². The maximum absolute atomic E-state index is 9.82. The summed E-state index contributed by atoms with van der Waals surface area (Å²) < 4.78 is 0. The summed E-state index contributed by atoms with van der Waals surface area (Å²) in [5.74, 6) is 0.591. The molecule has 1 aromatic carbocycles. The van der Waals surface area contributed by atoms with Crippen LogP contribution in [0.25, 0.3) is 0 Å². The van der Waals surface area contributed by atoms with Gasteiger partial charge in [-0.15, -0.1) is 0 Å². The number of aromatic hydroxyl groups is 1. The molecule has 2 nitrogen and oxygen atoms in total. The molecule has 1 rings (SSSR count). The Kier molecular flexibility index (Phi) is 3.78. The molecule has 14 heavy (non-hydrogen) atoms. The Balaban J connectivity index is 3.07. The van der Waals surface area contributed by atoms with E-state index in [1.165, 1.54) is 0 Å². The molecule has 0 saturated carbocycles. The molecule has 78 valence electrons. The van der Waals surface area contributed by atoms with E-state index in [2.05, 4.69) is 0 Å². The lowest BCUT2D eigenvalue weighted by atomic mass is 9.95. The fourth-order valence-electron chi connectivity index (χ4n) is 1.54. The largest absolute Gasteiger partial charge is 0.507 e. The molecular weight excluding hydrogens is 198 g/mol. The Hall–Kier alpha value is -0.730. The van der Waals surface area contributed by atoms with Crippen LogP contribution in [0.5, 0.6) is 5.75 Å². The molecule has 0 fully saturated rings. The third-order valence-corrected chi connectivity index (χ3v) is 2.64. The fourth-order valence-corrected chi connectivity index (χ4v) is 1.82. The van der Waals surface area contributed by atoms with Gasteiger partial charge in [-0.25, -0.2) is 0 Å². The minimum Gasteiger partial charge on any atom is -0.507 e. The summed E-state index contributed by atoms with van der Waals surface area (Å²) >= 11 is 5.92. The second kappa shape index (κ2) is 4.67. The van der Waals surface area contributed by atoms with Gasteiger partial charge in [0, 0.05) is 5.02 Å². The number of rotatable bonds is 3. The zero-order chi connectivity index (χ0) is 10.7. The summed E-state index contributed by atoms with van der Waals surface area (Å²) in [4.78, 5) is 0. The molecule has 0 aliphatic rings. The van der Waals surface area contributed by atoms with Gasteiger partial charge in [-0.3, -0.25) is 0 Å². The first-order valence-corrected chi connectivity index (χ1v) is 5.13. The van der Waals surface area contributed by atoms with Crippen molar-refractivity contribution in [3.8, 4) is 5.75 Å². The van der Waals surface area contributed by atoms with E-state index in [1.807, 2.05) is 19.9 Å². The average molecular weight is 214 g/mol. The molecule has 1 aromatic rings. The highest BCUT2D eigenvalue weighted by atomic mass is 35.5. The Morgan fingerprint density at radius 2 is 2.14 bits per heavy atom. The van der Waals surface area contributed by atoms with Crippen molar-refractivity contribution in [1.29, 1.82) is 0 Å². The van der Waals surface area contributed by atoms with E-state index in [1.54, 1.807) is 6.07 Å². The van der Waals surface area contributed by atoms with Crippen LogP contribution in [0, 0.1) is 6.92 Å². The molecule has 0 bridgehead atoms. The third kappa shape index (κ3) is 2.40. The lowest BCUT2D eigenvalue weighted by Gasteiger charge is -2.14. The van der Waals surface area contributed by atoms with Crippen molar-refractivity contribution in [3.63, 3.8) is 0 Å². The first-order chi connectivity index (χ1) is 6.56. The monoisotopic (exact) mass is 213 g/mol. The summed E-state index contributed by atoms with van der Waals surface area (Å²) in [7, 11) is 0. The molecule has 1 atom stereocenters. The van der Waals surface area contributed by atoms with E-state index < -0.39 is 0 Å². The molecule has 0 aliphatic carbocycles. The smallest absolute Gasteiger partial charge is 0.122 e. The quantitative estimate of drug-likeness (QED) is 0.811. The summed E-state index contributed by atoms with van der Waals surface area (Å²) in [5, 5.41) is 10.5. The topological polar surface area (TPSA) is 46.2 Å². The van der Waals surface area contributed by atoms with Crippen LogP contribution in [0.4, 0.5) is 0 Å². The minimum atomic E-state index is 0.248. The number of benzene rings is 1. The van der Waals surface area contributed by atoms with E-state index in [0.29, 0.717) is 17.3 Å². The van der Waals surface area contributed by atoms with Gasteiger partial charge in [0.25, 0.3) is 0 Å². The Morgan fingerprint density at radius 3 is 2.71 bits per heavy atom. The Morgan fingerprint density at radius 1 is 1.50 bits per heavy atom. The van der Waals surface area contributed by atoms with Crippen molar-refractivity contribution in [2.24, 2.45) is 5.73 Å². The van der Waals surface area contributed by atoms with Crippen molar-refractivity contribution in [2.45, 2.75) is 26.2 Å². The van der Waals surface area contributed by atoms with Gasteiger partial charge in [0.05, 0.1) is 0 Å². The average Bonchev–Trinajstić information content (AvgIpc) is 2.11. The van der Waals surface area contributed by atoms with Crippen molar-refractivity contribution >= 4 is 11.6 Å². The maximum atomic E-state index is 9.82. The van der Waals surface area contributed by atoms with Crippen LogP contribution < -0.4 is 5.73 Å². The molecule has 3 heteroatoms. The van der Waals surface area contributed by atoms with E-state index in [4.69, 9.17) is 17.3 Å². The van der Waals surface area contributed by atoms with Gasteiger partial charge in [-0.2, -0.15) is 0 Å². The van der Waals surface area contributed by atoms with Gasteiger partial charge < -0.3 is 10.8 Å². The highest BCUT2D eigenvalue weighted by molar-refractivity contribution is 6.30. The molecule has 0 saturated heterocycles. The molecular formula is C11H16ClNO. The molecule has 0 aromatic heterocycles. The standard InChI is InChI=1S/C11H16ClNO/c1-7(3-4-13)10-6-9(12)5-8(2)11(10)14/h5-7,14H,3-4,13H2,1-2H3. The Bertz CT molecular complexity index is 325. The lowest BCUT2D eigenvalue weighted by molar-refractivity contribution is 0.457. The molecule has 1 unspecified atom stereocenters. The first-order valence-electron chi connectivity index (χ1n) is 4.75. The van der Waals surface area contributed by atoms with Crippen LogP contribution in [-0.4, -0.2) is 11.7 Å². The van der Waals surface area contributed by atoms with Gasteiger partial charge >= 0.3 is 0 Å². The predicted molar refractivity (Wildman–Crippen MR) is 59.9 cm³/mol. The summed E-state index contributed by atoms with van der Waals surface area (Å²) in [5.41, 5.74) is 7.18.